The molecule has 1 aromatic carbocycles. The van der Waals surface area contributed by atoms with E-state index in [0.717, 1.165) is 5.56 Å². The summed E-state index contributed by atoms with van der Waals surface area (Å²) in [6, 6.07) is 11.2. The molecule has 0 saturated carbocycles. The van der Waals surface area contributed by atoms with Gasteiger partial charge in [0.25, 0.3) is 5.91 Å². The zero-order valence-electron chi connectivity index (χ0n) is 15.5. The highest BCUT2D eigenvalue weighted by atomic mass is 16.2. The normalized spacial score (nSPS) is 10.8. The SMILES string of the molecule is CC(C)n1cc(NC(=O)c2cc(NC(=O)Cc3ccccc3)n(C)n2)cn1. The first-order valence-corrected chi connectivity index (χ1v) is 8.65. The van der Waals surface area contributed by atoms with Crippen LogP contribution in [0.15, 0.2) is 48.8 Å². The average molecular weight is 366 g/mol. The number of aromatic nitrogens is 4. The summed E-state index contributed by atoms with van der Waals surface area (Å²) < 4.78 is 3.22. The second kappa shape index (κ2) is 7.86. The van der Waals surface area contributed by atoms with E-state index >= 15 is 0 Å². The van der Waals surface area contributed by atoms with Crippen LogP contribution in [0.4, 0.5) is 11.5 Å². The van der Waals surface area contributed by atoms with Crippen LogP contribution in [0.1, 0.15) is 35.9 Å². The molecule has 0 radical (unpaired) electrons. The van der Waals surface area contributed by atoms with Crippen molar-refractivity contribution in [3.8, 4) is 0 Å². The van der Waals surface area contributed by atoms with Crippen molar-refractivity contribution < 1.29 is 9.59 Å². The molecule has 0 atom stereocenters. The number of carbonyl (C=O) groups is 2. The molecule has 0 unspecified atom stereocenters. The van der Waals surface area contributed by atoms with Gasteiger partial charge in [-0.1, -0.05) is 30.3 Å². The predicted molar refractivity (Wildman–Crippen MR) is 103 cm³/mol. The molecular formula is C19H22N6O2. The Morgan fingerprint density at radius 2 is 1.89 bits per heavy atom. The molecule has 8 nitrogen and oxygen atoms in total. The summed E-state index contributed by atoms with van der Waals surface area (Å²) in [5.41, 5.74) is 1.72. The summed E-state index contributed by atoms with van der Waals surface area (Å²) in [6.07, 6.45) is 3.60. The van der Waals surface area contributed by atoms with Gasteiger partial charge < -0.3 is 10.6 Å². The lowest BCUT2D eigenvalue weighted by atomic mass is 10.1. The second-order valence-electron chi connectivity index (χ2n) is 6.51. The quantitative estimate of drug-likeness (QED) is 0.701. The predicted octanol–water partition coefficient (Wildman–Crippen LogP) is 2.63. The molecule has 8 heteroatoms. The van der Waals surface area contributed by atoms with Crippen LogP contribution in [0.5, 0.6) is 0 Å². The molecule has 0 spiro atoms. The number of amides is 2. The molecule has 3 aromatic rings. The first kappa shape index (κ1) is 18.4. The lowest BCUT2D eigenvalue weighted by molar-refractivity contribution is -0.115. The third kappa shape index (κ3) is 4.60. The van der Waals surface area contributed by atoms with Crippen LogP contribution in [0.25, 0.3) is 0 Å². The Labute approximate surface area is 157 Å². The molecule has 2 aromatic heterocycles. The minimum Gasteiger partial charge on any atom is -0.318 e. The molecule has 0 saturated heterocycles. The van der Waals surface area contributed by atoms with Gasteiger partial charge in [-0.2, -0.15) is 10.2 Å². The summed E-state index contributed by atoms with van der Waals surface area (Å²) in [6.45, 7) is 4.00. The summed E-state index contributed by atoms with van der Waals surface area (Å²) in [5.74, 6) is -0.0780. The fourth-order valence-corrected chi connectivity index (χ4v) is 2.54. The van der Waals surface area contributed by atoms with Crippen LogP contribution < -0.4 is 10.6 Å². The molecule has 2 heterocycles. The van der Waals surface area contributed by atoms with Crippen LogP contribution >= 0.6 is 0 Å². The molecule has 0 aliphatic heterocycles. The zero-order chi connectivity index (χ0) is 19.4. The van der Waals surface area contributed by atoms with Crippen molar-refractivity contribution in [1.29, 1.82) is 0 Å². The molecule has 0 aliphatic rings. The average Bonchev–Trinajstić information content (AvgIpc) is 3.23. The number of rotatable bonds is 6. The van der Waals surface area contributed by atoms with Crippen LogP contribution in [0, 0.1) is 0 Å². The van der Waals surface area contributed by atoms with E-state index in [1.54, 1.807) is 30.2 Å². The van der Waals surface area contributed by atoms with Crippen molar-refractivity contribution in [2.75, 3.05) is 10.6 Å². The topological polar surface area (TPSA) is 93.8 Å². The lowest BCUT2D eigenvalue weighted by Gasteiger charge is -2.04. The maximum Gasteiger partial charge on any atom is 0.276 e. The van der Waals surface area contributed by atoms with E-state index in [2.05, 4.69) is 20.8 Å². The largest absolute Gasteiger partial charge is 0.318 e. The van der Waals surface area contributed by atoms with Gasteiger partial charge in [-0.25, -0.2) is 0 Å². The maximum absolute atomic E-state index is 12.4. The van der Waals surface area contributed by atoms with E-state index in [9.17, 15) is 9.59 Å². The minimum atomic E-state index is -0.363. The number of anilines is 2. The van der Waals surface area contributed by atoms with Gasteiger partial charge in [0.2, 0.25) is 5.91 Å². The zero-order valence-corrected chi connectivity index (χ0v) is 15.5. The smallest absolute Gasteiger partial charge is 0.276 e. The van der Waals surface area contributed by atoms with E-state index in [-0.39, 0.29) is 30.0 Å². The van der Waals surface area contributed by atoms with Crippen LogP contribution in [-0.4, -0.2) is 31.4 Å². The Balaban J connectivity index is 1.64. The summed E-state index contributed by atoms with van der Waals surface area (Å²) in [4.78, 5) is 24.6. The van der Waals surface area contributed by atoms with Crippen molar-refractivity contribution >= 4 is 23.3 Å². The summed E-state index contributed by atoms with van der Waals surface area (Å²) >= 11 is 0. The standard InChI is InChI=1S/C19H22N6O2/c1-13(2)25-12-15(11-20-25)21-19(27)16-10-17(24(3)23-16)22-18(26)9-14-7-5-4-6-8-14/h4-8,10-13H,9H2,1-3H3,(H,21,27)(H,22,26). The van der Waals surface area contributed by atoms with Gasteiger partial charge in [0.05, 0.1) is 18.3 Å². The van der Waals surface area contributed by atoms with E-state index in [4.69, 9.17) is 0 Å². The van der Waals surface area contributed by atoms with Gasteiger partial charge in [0, 0.05) is 25.4 Å². The van der Waals surface area contributed by atoms with Gasteiger partial charge in [-0.3, -0.25) is 19.0 Å². The van der Waals surface area contributed by atoms with E-state index in [0.29, 0.717) is 11.5 Å². The van der Waals surface area contributed by atoms with Crippen LogP contribution in [0.3, 0.4) is 0 Å². The molecule has 0 aliphatic carbocycles. The summed E-state index contributed by atoms with van der Waals surface area (Å²) in [5, 5.41) is 13.9. The van der Waals surface area contributed by atoms with Crippen LogP contribution in [-0.2, 0) is 18.3 Å². The third-order valence-corrected chi connectivity index (χ3v) is 3.98. The number of carbonyl (C=O) groups excluding carboxylic acids is 2. The number of hydrogen-bond donors (Lipinski definition) is 2. The first-order valence-electron chi connectivity index (χ1n) is 8.65. The molecule has 2 N–H and O–H groups in total. The first-order chi connectivity index (χ1) is 12.9. The van der Waals surface area contributed by atoms with Crippen molar-refractivity contribution in [1.82, 2.24) is 19.6 Å². The van der Waals surface area contributed by atoms with Gasteiger partial charge in [-0.05, 0) is 19.4 Å². The molecule has 3 rings (SSSR count). The van der Waals surface area contributed by atoms with Gasteiger partial charge in [-0.15, -0.1) is 0 Å². The molecule has 2 amide bonds. The highest BCUT2D eigenvalue weighted by Crippen LogP contribution is 2.14. The molecule has 27 heavy (non-hydrogen) atoms. The summed E-state index contributed by atoms with van der Waals surface area (Å²) in [7, 11) is 1.67. The fourth-order valence-electron chi connectivity index (χ4n) is 2.54. The van der Waals surface area contributed by atoms with E-state index < -0.39 is 0 Å². The number of nitrogens with one attached hydrogen (secondary N) is 2. The minimum absolute atomic E-state index is 0.172. The number of hydrogen-bond acceptors (Lipinski definition) is 4. The van der Waals surface area contributed by atoms with Crippen LogP contribution in [0.2, 0.25) is 0 Å². The number of benzene rings is 1. The fraction of sp³-hybridized carbons (Fsp3) is 0.263. The molecule has 140 valence electrons. The van der Waals surface area contributed by atoms with Crippen molar-refractivity contribution in [3.63, 3.8) is 0 Å². The Morgan fingerprint density at radius 3 is 2.56 bits per heavy atom. The Kier molecular flexibility index (Phi) is 5.35. The highest BCUT2D eigenvalue weighted by Gasteiger charge is 2.15. The molecular weight excluding hydrogens is 344 g/mol. The van der Waals surface area contributed by atoms with Gasteiger partial charge in [0.15, 0.2) is 5.69 Å². The Bertz CT molecular complexity index is 942. The van der Waals surface area contributed by atoms with Gasteiger partial charge in [0.1, 0.15) is 5.82 Å². The molecule has 0 bridgehead atoms. The maximum atomic E-state index is 12.4. The number of nitrogens with zero attached hydrogens (tertiary/aromatic N) is 4. The Morgan fingerprint density at radius 1 is 1.15 bits per heavy atom. The molecule has 0 fully saturated rings. The lowest BCUT2D eigenvalue weighted by Crippen LogP contribution is -2.16. The van der Waals surface area contributed by atoms with E-state index in [1.165, 1.54) is 4.68 Å². The number of aryl methyl sites for hydroxylation is 1. The van der Waals surface area contributed by atoms with Crippen molar-refractivity contribution in [2.45, 2.75) is 26.3 Å². The van der Waals surface area contributed by atoms with Gasteiger partial charge >= 0.3 is 0 Å². The van der Waals surface area contributed by atoms with Crippen molar-refractivity contribution in [3.05, 3.63) is 60.0 Å². The highest BCUT2D eigenvalue weighted by molar-refractivity contribution is 6.03. The second-order valence-corrected chi connectivity index (χ2v) is 6.51. The van der Waals surface area contributed by atoms with Crippen molar-refractivity contribution in [2.24, 2.45) is 7.05 Å². The monoisotopic (exact) mass is 366 g/mol. The Hall–Kier alpha value is -3.42. The van der Waals surface area contributed by atoms with E-state index in [1.807, 2.05) is 44.2 Å². The third-order valence-electron chi connectivity index (χ3n) is 3.98.